The molecule has 2 aromatic heterocycles. The molecule has 5 heteroatoms. The lowest BCUT2D eigenvalue weighted by molar-refractivity contribution is 0.0922. The number of Topliss-reactive ketones (excluding diaryl/α,β-unsaturated/α-hetero) is 1. The largest absolute Gasteiger partial charge is 0.485 e. The summed E-state index contributed by atoms with van der Waals surface area (Å²) in [6, 6.07) is 14.8. The van der Waals surface area contributed by atoms with Gasteiger partial charge in [0.15, 0.2) is 6.61 Å². The van der Waals surface area contributed by atoms with Crippen LogP contribution in [0.15, 0.2) is 57.7 Å². The van der Waals surface area contributed by atoms with E-state index in [4.69, 9.17) is 9.15 Å². The van der Waals surface area contributed by atoms with E-state index in [1.165, 1.54) is 0 Å². The molecule has 4 aromatic rings. The fourth-order valence-electron chi connectivity index (χ4n) is 3.97. The topological polar surface area (TPSA) is 61.4 Å². The summed E-state index contributed by atoms with van der Waals surface area (Å²) in [5.74, 6) is 0.423. The quantitative estimate of drug-likeness (QED) is 0.314. The van der Waals surface area contributed by atoms with Crippen LogP contribution in [0, 0.1) is 6.92 Å². The van der Waals surface area contributed by atoms with Gasteiger partial charge in [0.25, 0.3) is 0 Å². The molecule has 0 aliphatic rings. The fraction of sp³-hybridized carbons (Fsp3) is 0.280. The molecule has 2 aromatic carbocycles. The average Bonchev–Trinajstić information content (AvgIpc) is 3.00. The molecule has 0 radical (unpaired) electrons. The van der Waals surface area contributed by atoms with Crippen molar-refractivity contribution in [1.82, 2.24) is 4.57 Å². The van der Waals surface area contributed by atoms with Crippen molar-refractivity contribution in [3.63, 3.8) is 0 Å². The molecule has 0 spiro atoms. The minimum Gasteiger partial charge on any atom is -0.485 e. The van der Waals surface area contributed by atoms with Crippen LogP contribution in [0.3, 0.4) is 0 Å². The van der Waals surface area contributed by atoms with Gasteiger partial charge < -0.3 is 13.7 Å². The number of para-hydroxylation sites is 1. The van der Waals surface area contributed by atoms with E-state index < -0.39 is 0 Å². The third-order valence-corrected chi connectivity index (χ3v) is 5.65. The Morgan fingerprint density at radius 3 is 2.70 bits per heavy atom. The van der Waals surface area contributed by atoms with E-state index in [2.05, 4.69) is 6.92 Å². The lowest BCUT2D eigenvalue weighted by Crippen LogP contribution is -2.13. The predicted molar refractivity (Wildman–Crippen MR) is 119 cm³/mol. The van der Waals surface area contributed by atoms with Crippen molar-refractivity contribution >= 4 is 27.7 Å². The SMILES string of the molecule is CCCCc1cc(=O)oc2cc(OCC(=O)c3c(C)n(C)c4ccccc34)ccc12. The third-order valence-electron chi connectivity index (χ3n) is 5.65. The van der Waals surface area contributed by atoms with Crippen molar-refractivity contribution in [2.45, 2.75) is 33.1 Å². The molecule has 0 bridgehead atoms. The van der Waals surface area contributed by atoms with Gasteiger partial charge in [0, 0.05) is 46.7 Å². The van der Waals surface area contributed by atoms with Crippen molar-refractivity contribution in [3.8, 4) is 5.75 Å². The summed E-state index contributed by atoms with van der Waals surface area (Å²) in [6.45, 7) is 3.98. The zero-order valence-electron chi connectivity index (χ0n) is 17.5. The van der Waals surface area contributed by atoms with Gasteiger partial charge >= 0.3 is 5.63 Å². The van der Waals surface area contributed by atoms with Crippen LogP contribution in [-0.4, -0.2) is 17.0 Å². The van der Waals surface area contributed by atoms with E-state index in [0.717, 1.165) is 46.8 Å². The average molecular weight is 403 g/mol. The van der Waals surface area contributed by atoms with Crippen molar-refractivity contribution in [1.29, 1.82) is 0 Å². The fourth-order valence-corrected chi connectivity index (χ4v) is 3.97. The van der Waals surface area contributed by atoms with Crippen molar-refractivity contribution < 1.29 is 13.9 Å². The molecule has 0 saturated carbocycles. The van der Waals surface area contributed by atoms with Gasteiger partial charge in [-0.25, -0.2) is 4.79 Å². The maximum Gasteiger partial charge on any atom is 0.336 e. The molecule has 30 heavy (non-hydrogen) atoms. The number of fused-ring (bicyclic) bond motifs is 2. The Labute approximate surface area is 174 Å². The lowest BCUT2D eigenvalue weighted by Gasteiger charge is -2.09. The minimum atomic E-state index is -0.367. The number of aryl methyl sites for hydroxylation is 2. The third kappa shape index (κ3) is 3.63. The number of ketones is 1. The van der Waals surface area contributed by atoms with Crippen LogP contribution in [0.5, 0.6) is 5.75 Å². The van der Waals surface area contributed by atoms with E-state index in [-0.39, 0.29) is 18.0 Å². The number of ether oxygens (including phenoxy) is 1. The first-order valence-electron chi connectivity index (χ1n) is 10.3. The molecule has 4 rings (SSSR count). The number of hydrogen-bond acceptors (Lipinski definition) is 4. The van der Waals surface area contributed by atoms with Gasteiger partial charge in [-0.3, -0.25) is 4.79 Å². The number of nitrogens with zero attached hydrogens (tertiary/aromatic N) is 1. The van der Waals surface area contributed by atoms with E-state index in [1.807, 2.05) is 54.9 Å². The number of aromatic nitrogens is 1. The Morgan fingerprint density at radius 2 is 1.90 bits per heavy atom. The highest BCUT2D eigenvalue weighted by molar-refractivity contribution is 6.10. The van der Waals surface area contributed by atoms with Crippen LogP contribution in [0.25, 0.3) is 21.9 Å². The second-order valence-electron chi connectivity index (χ2n) is 7.60. The molecule has 0 unspecified atom stereocenters. The van der Waals surface area contributed by atoms with Crippen molar-refractivity contribution in [2.24, 2.45) is 7.05 Å². The Hall–Kier alpha value is -3.34. The molecule has 0 amide bonds. The predicted octanol–water partition coefficient (Wildman–Crippen LogP) is 5.20. The zero-order chi connectivity index (χ0) is 21.3. The molecule has 0 aliphatic heterocycles. The first-order chi connectivity index (χ1) is 14.5. The minimum absolute atomic E-state index is 0.0810. The van der Waals surface area contributed by atoms with Crippen LogP contribution in [0.1, 0.15) is 41.4 Å². The summed E-state index contributed by atoms with van der Waals surface area (Å²) in [7, 11) is 1.96. The summed E-state index contributed by atoms with van der Waals surface area (Å²) in [6.07, 6.45) is 2.89. The van der Waals surface area contributed by atoms with Crippen molar-refractivity contribution in [3.05, 3.63) is 75.8 Å². The number of benzene rings is 2. The monoisotopic (exact) mass is 403 g/mol. The highest BCUT2D eigenvalue weighted by atomic mass is 16.5. The number of unbranched alkanes of at least 4 members (excludes halogenated alkanes) is 1. The Kier molecular flexibility index (Phi) is 5.44. The second kappa shape index (κ2) is 8.19. The zero-order valence-corrected chi connectivity index (χ0v) is 17.5. The molecule has 0 aliphatic carbocycles. The number of hydrogen-bond donors (Lipinski definition) is 0. The molecule has 2 heterocycles. The van der Waals surface area contributed by atoms with Gasteiger partial charge in [0.2, 0.25) is 5.78 Å². The van der Waals surface area contributed by atoms with Gasteiger partial charge in [-0.15, -0.1) is 0 Å². The van der Waals surface area contributed by atoms with Gasteiger partial charge in [0.1, 0.15) is 11.3 Å². The lowest BCUT2D eigenvalue weighted by atomic mass is 10.0. The Balaban J connectivity index is 1.59. The maximum absolute atomic E-state index is 12.9. The molecule has 0 atom stereocenters. The van der Waals surface area contributed by atoms with Crippen LogP contribution in [0.2, 0.25) is 0 Å². The molecule has 0 fully saturated rings. The van der Waals surface area contributed by atoms with E-state index >= 15 is 0 Å². The van der Waals surface area contributed by atoms with E-state index in [0.29, 0.717) is 16.9 Å². The molecular formula is C25H25NO4. The number of rotatable bonds is 7. The number of carbonyl (C=O) groups is 1. The molecule has 154 valence electrons. The summed E-state index contributed by atoms with van der Waals surface area (Å²) in [4.78, 5) is 24.9. The second-order valence-corrected chi connectivity index (χ2v) is 7.60. The molecular weight excluding hydrogens is 378 g/mol. The van der Waals surface area contributed by atoms with Crippen molar-refractivity contribution in [2.75, 3.05) is 6.61 Å². The maximum atomic E-state index is 12.9. The molecule has 5 nitrogen and oxygen atoms in total. The summed E-state index contributed by atoms with van der Waals surface area (Å²) in [5, 5.41) is 1.84. The number of carbonyl (C=O) groups excluding carboxylic acids is 1. The summed E-state index contributed by atoms with van der Waals surface area (Å²) >= 11 is 0. The van der Waals surface area contributed by atoms with E-state index in [1.54, 1.807) is 12.1 Å². The first-order valence-corrected chi connectivity index (χ1v) is 10.3. The molecule has 0 saturated heterocycles. The first kappa shape index (κ1) is 20.0. The van der Waals surface area contributed by atoms with Gasteiger partial charge in [-0.1, -0.05) is 31.5 Å². The van der Waals surface area contributed by atoms with Crippen LogP contribution < -0.4 is 10.4 Å². The highest BCUT2D eigenvalue weighted by Crippen LogP contribution is 2.27. The van der Waals surface area contributed by atoms with Crippen LogP contribution in [0.4, 0.5) is 0 Å². The normalized spacial score (nSPS) is 11.3. The highest BCUT2D eigenvalue weighted by Gasteiger charge is 2.19. The molecule has 0 N–H and O–H groups in total. The smallest absolute Gasteiger partial charge is 0.336 e. The van der Waals surface area contributed by atoms with Gasteiger partial charge in [-0.2, -0.15) is 0 Å². The summed E-state index contributed by atoms with van der Waals surface area (Å²) in [5.41, 5.74) is 3.72. The van der Waals surface area contributed by atoms with Gasteiger partial charge in [0.05, 0.1) is 0 Å². The van der Waals surface area contributed by atoms with Gasteiger partial charge in [-0.05, 0) is 43.5 Å². The Bertz CT molecular complexity index is 1300. The van der Waals surface area contributed by atoms with E-state index in [9.17, 15) is 9.59 Å². The Morgan fingerprint density at radius 1 is 1.10 bits per heavy atom. The van der Waals surface area contributed by atoms with Crippen LogP contribution in [-0.2, 0) is 13.5 Å². The standard InChI is InChI=1S/C25H25NO4/c1-4-5-8-17-13-24(28)30-23-14-18(11-12-19(17)23)29-15-22(27)25-16(2)26(3)21-10-7-6-9-20(21)25/h6-7,9-14H,4-5,8,15H2,1-3H3. The van der Waals surface area contributed by atoms with Crippen LogP contribution >= 0.6 is 0 Å². The summed E-state index contributed by atoms with van der Waals surface area (Å²) < 4.78 is 13.2.